The number of anilines is 1. The first kappa shape index (κ1) is 20.4. The van der Waals surface area contributed by atoms with Gasteiger partial charge in [-0.05, 0) is 31.2 Å². The zero-order valence-electron chi connectivity index (χ0n) is 17.4. The quantitative estimate of drug-likeness (QED) is 0.520. The standard InChI is InChI=1S/C23H21F3N6/c1-15-2-3-16(11-28-15)18-10-19(23(24,25)26)22-30-13-20(32(22)14-18)17-4-5-21(29-12-17)31-8-6-27-7-9-31/h2-5,10-14,27H,6-9H2,1H3. The lowest BCUT2D eigenvalue weighted by Crippen LogP contribution is -2.43. The maximum absolute atomic E-state index is 13.9. The van der Waals surface area contributed by atoms with Crippen molar-refractivity contribution in [3.8, 4) is 22.4 Å². The number of halogens is 3. The van der Waals surface area contributed by atoms with Gasteiger partial charge in [0, 0.05) is 67.2 Å². The topological polar surface area (TPSA) is 58.4 Å². The fraction of sp³-hybridized carbons (Fsp3) is 0.261. The summed E-state index contributed by atoms with van der Waals surface area (Å²) in [5.74, 6) is 0.853. The van der Waals surface area contributed by atoms with Gasteiger partial charge in [0.1, 0.15) is 11.5 Å². The molecule has 0 unspecified atom stereocenters. The number of aryl methyl sites for hydroxylation is 1. The Labute approximate surface area is 182 Å². The van der Waals surface area contributed by atoms with Crippen LogP contribution in [-0.4, -0.2) is 45.5 Å². The highest BCUT2D eigenvalue weighted by atomic mass is 19.4. The maximum Gasteiger partial charge on any atom is 0.420 e. The average molecular weight is 438 g/mol. The molecule has 0 amide bonds. The molecule has 4 aromatic rings. The number of piperazine rings is 1. The van der Waals surface area contributed by atoms with E-state index in [-0.39, 0.29) is 5.65 Å². The van der Waals surface area contributed by atoms with Gasteiger partial charge >= 0.3 is 6.18 Å². The van der Waals surface area contributed by atoms with Crippen LogP contribution in [0.4, 0.5) is 19.0 Å². The minimum Gasteiger partial charge on any atom is -0.354 e. The SMILES string of the molecule is Cc1ccc(-c2cc(C(F)(F)F)c3ncc(-c4ccc(N5CCNCC5)nc4)n3c2)cn1. The van der Waals surface area contributed by atoms with Crippen molar-refractivity contribution in [1.29, 1.82) is 0 Å². The normalized spacial score (nSPS) is 14.8. The molecule has 0 atom stereocenters. The van der Waals surface area contributed by atoms with Crippen molar-refractivity contribution in [3.05, 3.63) is 66.4 Å². The molecule has 1 aliphatic rings. The molecule has 0 bridgehead atoms. The van der Waals surface area contributed by atoms with Gasteiger partial charge in [0.2, 0.25) is 0 Å². The van der Waals surface area contributed by atoms with Gasteiger partial charge in [0.25, 0.3) is 0 Å². The third-order valence-corrected chi connectivity index (χ3v) is 5.64. The fourth-order valence-corrected chi connectivity index (χ4v) is 3.92. The molecule has 5 heterocycles. The van der Waals surface area contributed by atoms with E-state index in [0.29, 0.717) is 22.4 Å². The van der Waals surface area contributed by atoms with Crippen molar-refractivity contribution in [2.75, 3.05) is 31.1 Å². The molecule has 0 aliphatic carbocycles. The van der Waals surface area contributed by atoms with Crippen molar-refractivity contribution in [1.82, 2.24) is 24.7 Å². The van der Waals surface area contributed by atoms with E-state index in [2.05, 4.69) is 25.2 Å². The number of nitrogens with zero attached hydrogens (tertiary/aromatic N) is 5. The lowest BCUT2D eigenvalue weighted by Gasteiger charge is -2.28. The van der Waals surface area contributed by atoms with Gasteiger partial charge in [-0.3, -0.25) is 9.38 Å². The van der Waals surface area contributed by atoms with Crippen LogP contribution in [0.5, 0.6) is 0 Å². The Balaban J connectivity index is 1.61. The van der Waals surface area contributed by atoms with Crippen LogP contribution in [0.15, 0.2) is 55.1 Å². The van der Waals surface area contributed by atoms with Gasteiger partial charge in [-0.25, -0.2) is 9.97 Å². The largest absolute Gasteiger partial charge is 0.420 e. The van der Waals surface area contributed by atoms with E-state index in [0.717, 1.165) is 43.8 Å². The van der Waals surface area contributed by atoms with Crippen molar-refractivity contribution in [2.45, 2.75) is 13.1 Å². The second-order valence-corrected chi connectivity index (χ2v) is 7.81. The molecule has 0 radical (unpaired) electrons. The van der Waals surface area contributed by atoms with Crippen molar-refractivity contribution in [2.24, 2.45) is 0 Å². The summed E-state index contributed by atoms with van der Waals surface area (Å²) in [6.45, 7) is 5.36. The van der Waals surface area contributed by atoms with Gasteiger partial charge < -0.3 is 10.2 Å². The highest BCUT2D eigenvalue weighted by Crippen LogP contribution is 2.36. The van der Waals surface area contributed by atoms with E-state index in [1.165, 1.54) is 10.6 Å². The molecule has 5 rings (SSSR count). The number of imidazole rings is 1. The summed E-state index contributed by atoms with van der Waals surface area (Å²) in [6, 6.07) is 8.45. The van der Waals surface area contributed by atoms with Crippen LogP contribution < -0.4 is 10.2 Å². The summed E-state index contributed by atoms with van der Waals surface area (Å²) in [7, 11) is 0. The van der Waals surface area contributed by atoms with E-state index in [1.54, 1.807) is 30.7 Å². The zero-order valence-corrected chi connectivity index (χ0v) is 17.4. The second-order valence-electron chi connectivity index (χ2n) is 7.81. The van der Waals surface area contributed by atoms with Crippen molar-refractivity contribution < 1.29 is 13.2 Å². The van der Waals surface area contributed by atoms with Crippen LogP contribution in [0.2, 0.25) is 0 Å². The minimum atomic E-state index is -4.54. The van der Waals surface area contributed by atoms with Crippen LogP contribution in [0.25, 0.3) is 28.0 Å². The smallest absolute Gasteiger partial charge is 0.354 e. The maximum atomic E-state index is 13.9. The number of fused-ring (bicyclic) bond motifs is 1. The Morgan fingerprint density at radius 1 is 0.875 bits per heavy atom. The molecule has 0 saturated carbocycles. The first-order valence-electron chi connectivity index (χ1n) is 10.3. The molecule has 9 heteroatoms. The molecule has 1 fully saturated rings. The van der Waals surface area contributed by atoms with Gasteiger partial charge in [-0.15, -0.1) is 0 Å². The van der Waals surface area contributed by atoms with Crippen molar-refractivity contribution in [3.63, 3.8) is 0 Å². The Kier molecular flexibility index (Phi) is 5.05. The molecule has 6 nitrogen and oxygen atoms in total. The second kappa shape index (κ2) is 7.90. The lowest BCUT2D eigenvalue weighted by molar-refractivity contribution is -0.136. The summed E-state index contributed by atoms with van der Waals surface area (Å²) in [6.07, 6.45) is 1.86. The average Bonchev–Trinajstić information content (AvgIpc) is 3.23. The molecule has 164 valence electrons. The number of rotatable bonds is 3. The molecule has 1 aliphatic heterocycles. The number of hydrogen-bond acceptors (Lipinski definition) is 5. The van der Waals surface area contributed by atoms with Crippen LogP contribution in [-0.2, 0) is 6.18 Å². The summed E-state index contributed by atoms with van der Waals surface area (Å²) in [5.41, 5.74) is 2.15. The van der Waals surface area contributed by atoms with E-state index in [9.17, 15) is 13.2 Å². The Hall–Kier alpha value is -3.46. The lowest BCUT2D eigenvalue weighted by atomic mass is 10.1. The first-order chi connectivity index (χ1) is 15.4. The number of pyridine rings is 3. The van der Waals surface area contributed by atoms with E-state index in [1.807, 2.05) is 19.1 Å². The zero-order chi connectivity index (χ0) is 22.3. The molecule has 4 aromatic heterocycles. The molecular formula is C23H21F3N6. The van der Waals surface area contributed by atoms with E-state index < -0.39 is 11.7 Å². The highest BCUT2D eigenvalue weighted by molar-refractivity contribution is 5.72. The third-order valence-electron chi connectivity index (χ3n) is 5.64. The summed E-state index contributed by atoms with van der Waals surface area (Å²) in [4.78, 5) is 15.1. The predicted octanol–water partition coefficient (Wildman–Crippen LogP) is 4.20. The predicted molar refractivity (Wildman–Crippen MR) is 116 cm³/mol. The first-order valence-corrected chi connectivity index (χ1v) is 10.3. The Morgan fingerprint density at radius 3 is 2.28 bits per heavy atom. The Morgan fingerprint density at radius 2 is 1.62 bits per heavy atom. The van der Waals surface area contributed by atoms with E-state index >= 15 is 0 Å². The van der Waals surface area contributed by atoms with Gasteiger partial charge in [-0.1, -0.05) is 6.07 Å². The van der Waals surface area contributed by atoms with Gasteiger partial charge in [-0.2, -0.15) is 13.2 Å². The number of alkyl halides is 3. The van der Waals surface area contributed by atoms with Crippen molar-refractivity contribution >= 4 is 11.5 Å². The van der Waals surface area contributed by atoms with Crippen LogP contribution in [0, 0.1) is 6.92 Å². The van der Waals surface area contributed by atoms with Gasteiger partial charge in [0.05, 0.1) is 17.5 Å². The van der Waals surface area contributed by atoms with Crippen LogP contribution in [0.1, 0.15) is 11.3 Å². The molecule has 0 spiro atoms. The molecule has 0 aromatic carbocycles. The molecular weight excluding hydrogens is 417 g/mol. The summed E-state index contributed by atoms with van der Waals surface area (Å²) >= 11 is 0. The number of hydrogen-bond donors (Lipinski definition) is 1. The van der Waals surface area contributed by atoms with Crippen LogP contribution in [0.3, 0.4) is 0 Å². The molecule has 32 heavy (non-hydrogen) atoms. The molecule has 1 saturated heterocycles. The van der Waals surface area contributed by atoms with E-state index in [4.69, 9.17) is 0 Å². The molecule has 1 N–H and O–H groups in total. The monoisotopic (exact) mass is 438 g/mol. The van der Waals surface area contributed by atoms with Crippen LogP contribution >= 0.6 is 0 Å². The van der Waals surface area contributed by atoms with Gasteiger partial charge in [0.15, 0.2) is 0 Å². The fourth-order valence-electron chi connectivity index (χ4n) is 3.92. The summed E-state index contributed by atoms with van der Waals surface area (Å²) in [5, 5.41) is 3.30. The number of aromatic nitrogens is 4. The summed E-state index contributed by atoms with van der Waals surface area (Å²) < 4.78 is 43.1. The Bertz CT molecular complexity index is 1240. The minimum absolute atomic E-state index is 0.137. The third kappa shape index (κ3) is 3.80. The number of nitrogens with one attached hydrogen (secondary N) is 1. The highest BCUT2D eigenvalue weighted by Gasteiger charge is 2.35.